The molecular weight excluding hydrogens is 581 g/mol. The Kier molecular flexibility index (Phi) is 7.88. The van der Waals surface area contributed by atoms with E-state index in [1.165, 1.54) is 41.4 Å². The van der Waals surface area contributed by atoms with E-state index < -0.39 is 36.0 Å². The van der Waals surface area contributed by atoms with Crippen LogP contribution in [-0.2, 0) is 14.3 Å². The molecule has 2 saturated heterocycles. The number of ether oxygens (including phenoxy) is 3. The van der Waals surface area contributed by atoms with Crippen molar-refractivity contribution in [1.82, 2.24) is 25.4 Å². The first kappa shape index (κ1) is 29.8. The molecule has 0 aliphatic carbocycles. The third-order valence-electron chi connectivity index (χ3n) is 7.81. The van der Waals surface area contributed by atoms with Gasteiger partial charge >= 0.3 is 12.2 Å². The SMILES string of the molecule is CC1(C)OC[C@H](COc2ccnc(NC(=O)N3C4=C(C=CC(C(=O)N[C@H](c5ccccc5)C(F)(F)F)N4)N4CC[C@H]3C4)c2)O1. The Bertz CT molecular complexity index is 1470. The third kappa shape index (κ3) is 6.31. The number of rotatable bonds is 7. The van der Waals surface area contributed by atoms with Crippen molar-refractivity contribution in [2.24, 2.45) is 0 Å². The molecule has 4 aliphatic heterocycles. The lowest BCUT2D eigenvalue weighted by atomic mass is 10.0. The van der Waals surface area contributed by atoms with Crippen molar-refractivity contribution in [3.05, 3.63) is 77.9 Å². The smallest absolute Gasteiger partial charge is 0.412 e. The number of nitrogens with one attached hydrogen (secondary N) is 3. The number of halogens is 3. The number of carbonyl (C=O) groups is 2. The van der Waals surface area contributed by atoms with Crippen LogP contribution in [0.4, 0.5) is 23.8 Å². The van der Waals surface area contributed by atoms with Gasteiger partial charge in [-0.1, -0.05) is 36.4 Å². The topological polar surface area (TPSA) is 117 Å². The number of alkyl halides is 3. The van der Waals surface area contributed by atoms with Gasteiger partial charge in [-0.2, -0.15) is 13.2 Å². The number of hydrogen-bond acceptors (Lipinski definition) is 8. The molecule has 1 aromatic heterocycles. The van der Waals surface area contributed by atoms with E-state index in [9.17, 15) is 22.8 Å². The Labute approximate surface area is 252 Å². The van der Waals surface area contributed by atoms with E-state index in [4.69, 9.17) is 14.2 Å². The Hall–Kier alpha value is -4.30. The van der Waals surface area contributed by atoms with Crippen molar-refractivity contribution in [3.63, 3.8) is 0 Å². The number of amides is 3. The van der Waals surface area contributed by atoms with Crippen LogP contribution < -0.4 is 20.7 Å². The molecule has 0 spiro atoms. The molecular formula is C30H33F3N6O5. The number of anilines is 1. The van der Waals surface area contributed by atoms with Gasteiger partial charge in [0.25, 0.3) is 0 Å². The summed E-state index contributed by atoms with van der Waals surface area (Å²) in [4.78, 5) is 34.7. The minimum atomic E-state index is -4.71. The summed E-state index contributed by atoms with van der Waals surface area (Å²) in [7, 11) is 0. The summed E-state index contributed by atoms with van der Waals surface area (Å²) in [6, 6.07) is 6.39. The van der Waals surface area contributed by atoms with Gasteiger partial charge in [0, 0.05) is 25.4 Å². The molecule has 44 heavy (non-hydrogen) atoms. The highest BCUT2D eigenvalue weighted by molar-refractivity contribution is 5.91. The molecule has 14 heteroatoms. The van der Waals surface area contributed by atoms with Crippen LogP contribution in [0.5, 0.6) is 5.75 Å². The zero-order valence-corrected chi connectivity index (χ0v) is 24.1. The van der Waals surface area contributed by atoms with Crippen LogP contribution in [0.2, 0.25) is 0 Å². The van der Waals surface area contributed by atoms with Gasteiger partial charge in [-0.15, -0.1) is 0 Å². The number of hydrogen-bond donors (Lipinski definition) is 3. The van der Waals surface area contributed by atoms with Crippen molar-refractivity contribution in [1.29, 1.82) is 0 Å². The fourth-order valence-electron chi connectivity index (χ4n) is 5.76. The lowest BCUT2D eigenvalue weighted by Gasteiger charge is -2.41. The van der Waals surface area contributed by atoms with E-state index in [0.29, 0.717) is 43.4 Å². The standard InChI is InChI=1S/C30H33F3N6O5/c1-29(2)43-17-21(44-29)16-42-20-10-12-34-24(14-20)36-28(41)39-19-11-13-38(15-19)23-9-8-22(35-26(23)39)27(40)37-25(30(31,32)33)18-6-4-3-5-7-18/h3-10,12,14,19,21-22,25,35H,11,13,15-17H2,1-2H3,(H,37,40)(H,34,36,41)/t19-,21-,22?,25+/m0/s1. The molecule has 2 aromatic rings. The van der Waals surface area contributed by atoms with E-state index in [-0.39, 0.29) is 30.1 Å². The number of allylic oxidation sites excluding steroid dienone is 1. The molecule has 5 heterocycles. The van der Waals surface area contributed by atoms with Gasteiger partial charge in [-0.25, -0.2) is 9.78 Å². The van der Waals surface area contributed by atoms with E-state index in [1.54, 1.807) is 24.3 Å². The summed E-state index contributed by atoms with van der Waals surface area (Å²) >= 11 is 0. The van der Waals surface area contributed by atoms with Gasteiger partial charge in [-0.3, -0.25) is 15.0 Å². The van der Waals surface area contributed by atoms with Crippen molar-refractivity contribution < 1.29 is 37.0 Å². The van der Waals surface area contributed by atoms with Gasteiger partial charge in [0.05, 0.1) is 18.3 Å². The van der Waals surface area contributed by atoms with Gasteiger partial charge < -0.3 is 29.7 Å². The summed E-state index contributed by atoms with van der Waals surface area (Å²) < 4.78 is 58.9. The second-order valence-corrected chi connectivity index (χ2v) is 11.4. The lowest BCUT2D eigenvalue weighted by molar-refractivity contribution is -0.163. The lowest BCUT2D eigenvalue weighted by Crippen LogP contribution is -2.56. The van der Waals surface area contributed by atoms with E-state index in [2.05, 4.69) is 25.8 Å². The molecule has 11 nitrogen and oxygen atoms in total. The van der Waals surface area contributed by atoms with Crippen LogP contribution in [0, 0.1) is 0 Å². The zero-order valence-electron chi connectivity index (χ0n) is 24.1. The number of carbonyl (C=O) groups excluding carboxylic acids is 2. The molecule has 1 unspecified atom stereocenters. The predicted molar refractivity (Wildman–Crippen MR) is 152 cm³/mol. The van der Waals surface area contributed by atoms with Gasteiger partial charge in [-0.05, 0) is 38.0 Å². The highest BCUT2D eigenvalue weighted by atomic mass is 19.4. The zero-order chi connectivity index (χ0) is 31.1. The van der Waals surface area contributed by atoms with E-state index in [0.717, 1.165) is 0 Å². The molecule has 0 radical (unpaired) electrons. The van der Waals surface area contributed by atoms with E-state index >= 15 is 0 Å². The van der Waals surface area contributed by atoms with E-state index in [1.807, 2.05) is 13.8 Å². The minimum Gasteiger partial charge on any atom is -0.491 e. The highest BCUT2D eigenvalue weighted by Gasteiger charge is 2.45. The van der Waals surface area contributed by atoms with Crippen molar-refractivity contribution >= 4 is 17.8 Å². The summed E-state index contributed by atoms with van der Waals surface area (Å²) in [5.41, 5.74) is 0.600. The predicted octanol–water partition coefficient (Wildman–Crippen LogP) is 3.65. The van der Waals surface area contributed by atoms with Crippen LogP contribution >= 0.6 is 0 Å². The molecule has 3 N–H and O–H groups in total. The molecule has 3 amide bonds. The van der Waals surface area contributed by atoms with Gasteiger partial charge in [0.1, 0.15) is 36.1 Å². The molecule has 2 bridgehead atoms. The second-order valence-electron chi connectivity index (χ2n) is 11.4. The Morgan fingerprint density at radius 2 is 2.02 bits per heavy atom. The first-order chi connectivity index (χ1) is 21.0. The average molecular weight is 615 g/mol. The van der Waals surface area contributed by atoms with Crippen molar-refractivity contribution in [2.75, 3.05) is 31.6 Å². The molecule has 1 aromatic carbocycles. The van der Waals surface area contributed by atoms with Crippen LogP contribution in [0.1, 0.15) is 31.9 Å². The third-order valence-corrected chi connectivity index (χ3v) is 7.81. The maximum absolute atomic E-state index is 13.9. The first-order valence-corrected chi connectivity index (χ1v) is 14.3. The summed E-state index contributed by atoms with van der Waals surface area (Å²) in [5, 5.41) is 7.95. The van der Waals surface area contributed by atoms with Crippen LogP contribution in [-0.4, -0.2) is 83.2 Å². The number of dihydropyridines is 1. The van der Waals surface area contributed by atoms with Crippen molar-refractivity contribution in [2.45, 2.75) is 56.5 Å². The number of aromatic nitrogens is 1. The molecule has 6 rings (SSSR count). The van der Waals surface area contributed by atoms with Crippen LogP contribution in [0.25, 0.3) is 0 Å². The highest BCUT2D eigenvalue weighted by Crippen LogP contribution is 2.35. The normalized spacial score (nSPS) is 24.4. The minimum absolute atomic E-state index is 0.0810. The Morgan fingerprint density at radius 1 is 1.23 bits per heavy atom. The maximum atomic E-state index is 13.9. The largest absolute Gasteiger partial charge is 0.491 e. The molecule has 0 saturated carbocycles. The summed E-state index contributed by atoms with van der Waals surface area (Å²) in [6.45, 7) is 5.57. The second kappa shape index (κ2) is 11.7. The number of fused-ring (bicyclic) bond motifs is 3. The Morgan fingerprint density at radius 3 is 2.75 bits per heavy atom. The van der Waals surface area contributed by atoms with Crippen LogP contribution in [0.3, 0.4) is 0 Å². The quantitative estimate of drug-likeness (QED) is 0.433. The molecule has 4 aliphatic rings. The molecule has 234 valence electrons. The summed E-state index contributed by atoms with van der Waals surface area (Å²) in [5.74, 6) is -0.486. The summed E-state index contributed by atoms with van der Waals surface area (Å²) in [6.07, 6.45) is 0.407. The fraction of sp³-hybridized carbons (Fsp3) is 0.433. The van der Waals surface area contributed by atoms with Crippen molar-refractivity contribution in [3.8, 4) is 5.75 Å². The number of urea groups is 1. The fourth-order valence-corrected chi connectivity index (χ4v) is 5.76. The van der Waals surface area contributed by atoms with Crippen LogP contribution in [0.15, 0.2) is 72.3 Å². The maximum Gasteiger partial charge on any atom is 0.412 e. The molecule has 2 fully saturated rings. The van der Waals surface area contributed by atoms with Gasteiger partial charge in [0.15, 0.2) is 11.8 Å². The number of pyridine rings is 1. The first-order valence-electron chi connectivity index (χ1n) is 14.3. The molecule has 4 atom stereocenters. The average Bonchev–Trinajstić information content (AvgIpc) is 3.57. The van der Waals surface area contributed by atoms with Gasteiger partial charge in [0.2, 0.25) is 5.91 Å². The Balaban J connectivity index is 1.14. The number of nitrogens with zero attached hydrogens (tertiary/aromatic N) is 3. The number of benzene rings is 1. The monoisotopic (exact) mass is 614 g/mol.